The fourth-order valence-electron chi connectivity index (χ4n) is 10.8. The minimum absolute atomic E-state index is 0.659. The largest absolute Gasteiger partial charge is 0.309 e. The van der Waals surface area contributed by atoms with Crippen molar-refractivity contribution in [3.8, 4) is 44.5 Å². The molecule has 0 atom stereocenters. The molecule has 4 nitrogen and oxygen atoms in total. The molecule has 6 heteroatoms. The lowest BCUT2D eigenvalue weighted by atomic mass is 9.98. The summed E-state index contributed by atoms with van der Waals surface area (Å²) in [7, 11) is 0. The molecule has 0 aliphatic rings. The average Bonchev–Trinajstić information content (AvgIpc) is 4.18. The molecule has 10 aromatic carbocycles. The molecule has 0 saturated heterocycles. The Bertz CT molecular complexity index is 4560. The number of thiophene rings is 2. The number of hydrogen-bond donors (Lipinski definition) is 0. The van der Waals surface area contributed by atoms with Gasteiger partial charge in [0.05, 0.1) is 38.0 Å². The first kappa shape index (κ1) is 37.8. The van der Waals surface area contributed by atoms with Crippen molar-refractivity contribution in [2.75, 3.05) is 0 Å². The van der Waals surface area contributed by atoms with Crippen molar-refractivity contribution in [1.82, 2.24) is 19.1 Å². The molecule has 0 fully saturated rings. The van der Waals surface area contributed by atoms with E-state index in [0.29, 0.717) is 5.95 Å². The molecule has 0 unspecified atom stereocenters. The van der Waals surface area contributed by atoms with E-state index in [1.807, 2.05) is 11.3 Å². The van der Waals surface area contributed by atoms with Crippen LogP contribution in [0.3, 0.4) is 0 Å². The third kappa shape index (κ3) is 5.59. The number of aromatic nitrogens is 4. The van der Waals surface area contributed by atoms with E-state index < -0.39 is 0 Å². The summed E-state index contributed by atoms with van der Waals surface area (Å²) in [5, 5.41) is 12.2. The third-order valence-electron chi connectivity index (χ3n) is 13.9. The minimum atomic E-state index is 0.659. The fourth-order valence-corrected chi connectivity index (χ4v) is 13.0. The van der Waals surface area contributed by atoms with Gasteiger partial charge in [0, 0.05) is 63.2 Å². The van der Waals surface area contributed by atoms with Gasteiger partial charge in [0.15, 0.2) is 0 Å². The molecular weight excluding hydrogens is 865 g/mol. The quantitative estimate of drug-likeness (QED) is 0.173. The zero-order valence-electron chi connectivity index (χ0n) is 36.4. The topological polar surface area (TPSA) is 35.6 Å². The number of hydrogen-bond acceptors (Lipinski definition) is 4. The van der Waals surface area contributed by atoms with Crippen molar-refractivity contribution in [2.24, 2.45) is 0 Å². The fraction of sp³-hybridized carbons (Fsp3) is 0. The van der Waals surface area contributed by atoms with Crippen molar-refractivity contribution in [2.45, 2.75) is 0 Å². The monoisotopic (exact) mass is 900 g/mol. The van der Waals surface area contributed by atoms with Crippen molar-refractivity contribution in [1.29, 1.82) is 0 Å². The standard InChI is InChI=1S/C62H36N4S2/c1-3-15-39(16-4-1)57-36-51-61(68-57)59(42-27-32-56-49(35-42)46-21-11-12-22-55(46)67-56)64-62(63-51)66-52-29-25-40(33-48(52)47-28-23-38-14-8-10-20-45(38)60(47)66)41-26-30-53-50(34-41)58-44-19-9-7-13-37(44)24-31-54(58)65(53)43-17-5-2-6-18-43/h1-36H. The van der Waals surface area contributed by atoms with E-state index in [2.05, 4.69) is 228 Å². The first-order chi connectivity index (χ1) is 33.7. The summed E-state index contributed by atoms with van der Waals surface area (Å²) in [5.41, 5.74) is 12.2. The van der Waals surface area contributed by atoms with E-state index in [4.69, 9.17) is 9.97 Å². The molecule has 0 aliphatic heterocycles. The maximum Gasteiger partial charge on any atom is 0.235 e. The van der Waals surface area contributed by atoms with E-state index in [0.717, 1.165) is 54.5 Å². The average molecular weight is 901 g/mol. The van der Waals surface area contributed by atoms with Gasteiger partial charge in [0.1, 0.15) is 0 Å². The predicted molar refractivity (Wildman–Crippen MR) is 290 cm³/mol. The zero-order valence-corrected chi connectivity index (χ0v) is 38.0. The van der Waals surface area contributed by atoms with Gasteiger partial charge in [-0.2, -0.15) is 0 Å². The van der Waals surface area contributed by atoms with Crippen molar-refractivity contribution in [3.63, 3.8) is 0 Å². The first-order valence-corrected chi connectivity index (χ1v) is 24.6. The van der Waals surface area contributed by atoms with Crippen LogP contribution >= 0.6 is 22.7 Å². The van der Waals surface area contributed by atoms with Gasteiger partial charge in [0.25, 0.3) is 0 Å². The van der Waals surface area contributed by atoms with Crippen LogP contribution in [0.1, 0.15) is 0 Å². The highest BCUT2D eigenvalue weighted by Crippen LogP contribution is 2.45. The summed E-state index contributed by atoms with van der Waals surface area (Å²) in [5.74, 6) is 0.659. The van der Waals surface area contributed by atoms with E-state index in [9.17, 15) is 0 Å². The summed E-state index contributed by atoms with van der Waals surface area (Å²) >= 11 is 3.61. The molecule has 68 heavy (non-hydrogen) atoms. The second-order valence-electron chi connectivity index (χ2n) is 17.7. The first-order valence-electron chi connectivity index (χ1n) is 23.0. The minimum Gasteiger partial charge on any atom is -0.309 e. The number of para-hydroxylation sites is 1. The van der Waals surface area contributed by atoms with E-state index >= 15 is 0 Å². The lowest BCUT2D eigenvalue weighted by molar-refractivity contribution is 1.02. The van der Waals surface area contributed by atoms with Crippen molar-refractivity contribution >= 4 is 118 Å². The van der Waals surface area contributed by atoms with Crippen molar-refractivity contribution in [3.05, 3.63) is 218 Å². The normalized spacial score (nSPS) is 12.1. The highest BCUT2D eigenvalue weighted by molar-refractivity contribution is 7.25. The van der Waals surface area contributed by atoms with Crippen LogP contribution in [0.4, 0.5) is 0 Å². The summed E-state index contributed by atoms with van der Waals surface area (Å²) in [6, 6.07) is 79.6. The molecule has 5 heterocycles. The molecule has 0 amide bonds. The summed E-state index contributed by atoms with van der Waals surface area (Å²) in [6.45, 7) is 0. The zero-order chi connectivity index (χ0) is 44.5. The second kappa shape index (κ2) is 14.5. The second-order valence-corrected chi connectivity index (χ2v) is 19.8. The van der Waals surface area contributed by atoms with Crippen LogP contribution in [-0.2, 0) is 0 Å². The number of nitrogens with zero attached hydrogens (tertiary/aromatic N) is 4. The molecule has 0 spiro atoms. The summed E-state index contributed by atoms with van der Waals surface area (Å²) in [6.07, 6.45) is 0. The Balaban J connectivity index is 0.982. The molecule has 0 aliphatic carbocycles. The predicted octanol–water partition coefficient (Wildman–Crippen LogP) is 17.6. The molecule has 0 saturated carbocycles. The van der Waals surface area contributed by atoms with Crippen LogP contribution in [0.25, 0.3) is 140 Å². The molecule has 0 bridgehead atoms. The number of fused-ring (bicyclic) bond motifs is 14. The van der Waals surface area contributed by atoms with Crippen LogP contribution in [-0.4, -0.2) is 19.1 Å². The lowest BCUT2D eigenvalue weighted by Gasteiger charge is -2.11. The molecule has 316 valence electrons. The highest BCUT2D eigenvalue weighted by Gasteiger charge is 2.23. The SMILES string of the molecule is c1ccc(-c2cc3nc(-n4c5ccc(-c6ccc7c(c6)c6c8ccccc8ccc6n7-c6ccccc6)cc5c5ccc6ccccc6c54)nc(-c4ccc5sc6ccccc6c5c4)c3s2)cc1. The number of benzene rings is 10. The van der Waals surface area contributed by atoms with E-state index in [1.54, 1.807) is 11.3 Å². The molecular formula is C62H36N4S2. The van der Waals surface area contributed by atoms with Crippen LogP contribution < -0.4 is 0 Å². The Hall–Kier alpha value is -8.42. The number of rotatable bonds is 5. The van der Waals surface area contributed by atoms with Crippen molar-refractivity contribution < 1.29 is 0 Å². The van der Waals surface area contributed by atoms with Gasteiger partial charge in [-0.1, -0.05) is 152 Å². The van der Waals surface area contributed by atoms with Crippen LogP contribution in [0.2, 0.25) is 0 Å². The highest BCUT2D eigenvalue weighted by atomic mass is 32.1. The summed E-state index contributed by atoms with van der Waals surface area (Å²) < 4.78 is 8.37. The van der Waals surface area contributed by atoms with E-state index in [1.165, 1.54) is 79.5 Å². The summed E-state index contributed by atoms with van der Waals surface area (Å²) in [4.78, 5) is 12.3. The van der Waals surface area contributed by atoms with Crippen LogP contribution in [0.5, 0.6) is 0 Å². The maximum atomic E-state index is 5.66. The van der Waals surface area contributed by atoms with Gasteiger partial charge >= 0.3 is 0 Å². The Morgan fingerprint density at radius 1 is 0.353 bits per heavy atom. The van der Waals surface area contributed by atoms with Crippen LogP contribution in [0.15, 0.2) is 218 Å². The Morgan fingerprint density at radius 3 is 1.79 bits per heavy atom. The van der Waals surface area contributed by atoms with Gasteiger partial charge in [0.2, 0.25) is 5.95 Å². The lowest BCUT2D eigenvalue weighted by Crippen LogP contribution is -2.03. The molecule has 0 radical (unpaired) electrons. The van der Waals surface area contributed by atoms with Gasteiger partial charge in [-0.05, 0) is 99.6 Å². The van der Waals surface area contributed by atoms with Crippen LogP contribution in [0, 0.1) is 0 Å². The Kier molecular flexibility index (Phi) is 8.07. The molecule has 0 N–H and O–H groups in total. The molecule has 15 rings (SSSR count). The molecule has 5 aromatic heterocycles. The smallest absolute Gasteiger partial charge is 0.235 e. The van der Waals surface area contributed by atoms with E-state index in [-0.39, 0.29) is 0 Å². The Labute approximate surface area is 397 Å². The van der Waals surface area contributed by atoms with Gasteiger partial charge in [-0.25, -0.2) is 9.97 Å². The molecule has 15 aromatic rings. The Morgan fingerprint density at radius 2 is 0.971 bits per heavy atom. The maximum absolute atomic E-state index is 5.66. The van der Waals surface area contributed by atoms with Gasteiger partial charge < -0.3 is 4.57 Å². The van der Waals surface area contributed by atoms with Gasteiger partial charge in [-0.15, -0.1) is 22.7 Å². The van der Waals surface area contributed by atoms with Gasteiger partial charge in [-0.3, -0.25) is 4.57 Å². The third-order valence-corrected chi connectivity index (χ3v) is 16.3.